The van der Waals surface area contributed by atoms with Gasteiger partial charge in [-0.2, -0.15) is 0 Å². The number of thiophene rings is 1. The van der Waals surface area contributed by atoms with E-state index in [2.05, 4.69) is 20.6 Å². The number of carbonyl (C=O) groups excluding carboxylic acids is 2. The van der Waals surface area contributed by atoms with Crippen molar-refractivity contribution < 1.29 is 9.59 Å². The lowest BCUT2D eigenvalue weighted by Gasteiger charge is -2.25. The zero-order chi connectivity index (χ0) is 19.4. The molecular formula is C20H26N4O2S. The maximum Gasteiger partial charge on any atom is 0.262 e. The van der Waals surface area contributed by atoms with Gasteiger partial charge in [0.25, 0.3) is 5.91 Å². The van der Waals surface area contributed by atoms with E-state index in [4.69, 9.17) is 0 Å². The molecule has 0 fully saturated rings. The lowest BCUT2D eigenvalue weighted by atomic mass is 9.95. The highest BCUT2D eigenvalue weighted by Crippen LogP contribution is 2.21. The van der Waals surface area contributed by atoms with Crippen molar-refractivity contribution in [2.75, 3.05) is 6.54 Å². The molecule has 1 aliphatic carbocycles. The van der Waals surface area contributed by atoms with Crippen LogP contribution in [0.5, 0.6) is 0 Å². The number of fused-ring (bicyclic) bond motifs is 1. The van der Waals surface area contributed by atoms with Gasteiger partial charge >= 0.3 is 0 Å². The number of amides is 2. The third-order valence-electron chi connectivity index (χ3n) is 4.81. The van der Waals surface area contributed by atoms with Gasteiger partial charge in [-0.15, -0.1) is 11.3 Å². The van der Waals surface area contributed by atoms with Gasteiger partial charge in [-0.25, -0.2) is 9.97 Å². The van der Waals surface area contributed by atoms with Crippen LogP contribution < -0.4 is 10.6 Å². The third kappa shape index (κ3) is 4.71. The second-order valence-electron chi connectivity index (χ2n) is 7.42. The van der Waals surface area contributed by atoms with Crippen LogP contribution in [-0.2, 0) is 24.1 Å². The molecule has 6 nitrogen and oxygen atoms in total. The highest BCUT2D eigenvalue weighted by Gasteiger charge is 2.29. The fourth-order valence-corrected chi connectivity index (χ4v) is 3.89. The summed E-state index contributed by atoms with van der Waals surface area (Å²) in [6, 6.07) is 3.55. The Morgan fingerprint density at radius 1 is 1.22 bits per heavy atom. The van der Waals surface area contributed by atoms with E-state index in [9.17, 15) is 9.59 Å². The molecule has 0 atom stereocenters. The lowest BCUT2D eigenvalue weighted by molar-refractivity contribution is -0.126. The Labute approximate surface area is 163 Å². The summed E-state index contributed by atoms with van der Waals surface area (Å²) in [4.78, 5) is 34.6. The molecule has 2 heterocycles. The number of nitrogens with zero attached hydrogens (tertiary/aromatic N) is 2. The summed E-state index contributed by atoms with van der Waals surface area (Å²) in [6.45, 7) is 5.88. The molecule has 7 heteroatoms. The third-order valence-corrected chi connectivity index (χ3v) is 5.68. The van der Waals surface area contributed by atoms with Crippen LogP contribution in [0.15, 0.2) is 17.5 Å². The highest BCUT2D eigenvalue weighted by molar-refractivity contribution is 7.12. The van der Waals surface area contributed by atoms with Crippen LogP contribution in [0.2, 0.25) is 0 Å². The van der Waals surface area contributed by atoms with Gasteiger partial charge in [0.05, 0.1) is 4.88 Å². The van der Waals surface area contributed by atoms with Crippen LogP contribution in [0.4, 0.5) is 0 Å². The van der Waals surface area contributed by atoms with Gasteiger partial charge in [-0.05, 0) is 63.5 Å². The molecular weight excluding hydrogens is 360 g/mol. The SMILES string of the molecule is Cc1nc(CCNC(=O)C(C)(C)NC(=O)c2cccs2)nc2c1CCCC2. The molecule has 0 aromatic carbocycles. The second kappa shape index (κ2) is 8.17. The first-order valence-corrected chi connectivity index (χ1v) is 10.2. The van der Waals surface area contributed by atoms with Gasteiger partial charge in [0, 0.05) is 24.4 Å². The van der Waals surface area contributed by atoms with Crippen LogP contribution in [0.25, 0.3) is 0 Å². The van der Waals surface area contributed by atoms with Crippen LogP contribution >= 0.6 is 11.3 Å². The van der Waals surface area contributed by atoms with E-state index in [1.165, 1.54) is 35.4 Å². The average molecular weight is 387 g/mol. The fraction of sp³-hybridized carbons (Fsp3) is 0.500. The fourth-order valence-electron chi connectivity index (χ4n) is 3.27. The maximum absolute atomic E-state index is 12.5. The first-order chi connectivity index (χ1) is 12.9. The molecule has 0 saturated carbocycles. The number of carbonyl (C=O) groups is 2. The van der Waals surface area contributed by atoms with Gasteiger partial charge in [0.15, 0.2) is 0 Å². The second-order valence-corrected chi connectivity index (χ2v) is 8.37. The predicted octanol–water partition coefficient (Wildman–Crippen LogP) is 2.59. The number of rotatable bonds is 6. The Morgan fingerprint density at radius 3 is 2.74 bits per heavy atom. The van der Waals surface area contributed by atoms with Crippen molar-refractivity contribution in [1.82, 2.24) is 20.6 Å². The van der Waals surface area contributed by atoms with E-state index < -0.39 is 5.54 Å². The molecule has 0 bridgehead atoms. The summed E-state index contributed by atoms with van der Waals surface area (Å²) in [5.74, 6) is 0.315. The van der Waals surface area contributed by atoms with Gasteiger partial charge in [-0.3, -0.25) is 9.59 Å². The first kappa shape index (κ1) is 19.5. The summed E-state index contributed by atoms with van der Waals surface area (Å²) in [5.41, 5.74) is 2.53. The molecule has 2 aromatic rings. The summed E-state index contributed by atoms with van der Waals surface area (Å²) < 4.78 is 0. The molecule has 144 valence electrons. The number of hydrogen-bond donors (Lipinski definition) is 2. The highest BCUT2D eigenvalue weighted by atomic mass is 32.1. The summed E-state index contributed by atoms with van der Waals surface area (Å²) in [7, 11) is 0. The van der Waals surface area contributed by atoms with E-state index in [1.54, 1.807) is 19.9 Å². The van der Waals surface area contributed by atoms with E-state index in [0.717, 1.165) is 24.4 Å². The molecule has 0 unspecified atom stereocenters. The first-order valence-electron chi connectivity index (χ1n) is 9.36. The van der Waals surface area contributed by atoms with E-state index >= 15 is 0 Å². The Hall–Kier alpha value is -2.28. The summed E-state index contributed by atoms with van der Waals surface area (Å²) in [5, 5.41) is 7.51. The standard InChI is InChI=1S/C20H26N4O2S/c1-13-14-7-4-5-8-15(14)23-17(22-13)10-11-21-19(26)20(2,3)24-18(25)16-9-6-12-27-16/h6,9,12H,4-5,7-8,10-11H2,1-3H3,(H,21,26)(H,24,25). The molecule has 1 aliphatic rings. The Kier molecular flexibility index (Phi) is 5.89. The zero-order valence-electron chi connectivity index (χ0n) is 16.1. The lowest BCUT2D eigenvalue weighted by Crippen LogP contribution is -2.54. The summed E-state index contributed by atoms with van der Waals surface area (Å²) in [6.07, 6.45) is 5.04. The maximum atomic E-state index is 12.5. The Bertz CT molecular complexity index is 831. The van der Waals surface area contributed by atoms with Crippen molar-refractivity contribution >= 4 is 23.2 Å². The van der Waals surface area contributed by atoms with Crippen molar-refractivity contribution in [2.45, 2.75) is 58.4 Å². The Morgan fingerprint density at radius 2 is 2.00 bits per heavy atom. The quantitative estimate of drug-likeness (QED) is 0.799. The number of hydrogen-bond acceptors (Lipinski definition) is 5. The molecule has 3 rings (SSSR count). The molecule has 0 radical (unpaired) electrons. The van der Waals surface area contributed by atoms with Crippen molar-refractivity contribution in [3.63, 3.8) is 0 Å². The Balaban J connectivity index is 1.54. The molecule has 0 saturated heterocycles. The topological polar surface area (TPSA) is 84.0 Å². The summed E-state index contributed by atoms with van der Waals surface area (Å²) >= 11 is 1.35. The molecule has 2 aromatic heterocycles. The van der Waals surface area contributed by atoms with Crippen molar-refractivity contribution in [3.8, 4) is 0 Å². The van der Waals surface area contributed by atoms with E-state index in [1.807, 2.05) is 18.4 Å². The van der Waals surface area contributed by atoms with Crippen LogP contribution in [0.3, 0.4) is 0 Å². The van der Waals surface area contributed by atoms with Gasteiger partial charge < -0.3 is 10.6 Å². The van der Waals surface area contributed by atoms with Crippen LogP contribution in [0.1, 0.15) is 59.1 Å². The predicted molar refractivity (Wildman–Crippen MR) is 106 cm³/mol. The smallest absolute Gasteiger partial charge is 0.262 e. The largest absolute Gasteiger partial charge is 0.354 e. The van der Waals surface area contributed by atoms with Gasteiger partial charge in [-0.1, -0.05) is 6.07 Å². The zero-order valence-corrected chi connectivity index (χ0v) is 16.9. The molecule has 2 amide bonds. The minimum absolute atomic E-state index is 0.220. The minimum Gasteiger partial charge on any atom is -0.354 e. The van der Waals surface area contributed by atoms with Gasteiger partial charge in [0.1, 0.15) is 11.4 Å². The molecule has 0 aliphatic heterocycles. The van der Waals surface area contributed by atoms with Crippen molar-refractivity contribution in [2.24, 2.45) is 0 Å². The average Bonchev–Trinajstić information content (AvgIpc) is 3.16. The van der Waals surface area contributed by atoms with Crippen molar-refractivity contribution in [3.05, 3.63) is 45.2 Å². The minimum atomic E-state index is -0.992. The monoisotopic (exact) mass is 386 g/mol. The van der Waals surface area contributed by atoms with E-state index in [-0.39, 0.29) is 11.8 Å². The number of aryl methyl sites for hydroxylation is 2. The van der Waals surface area contributed by atoms with Crippen LogP contribution in [-0.4, -0.2) is 33.9 Å². The van der Waals surface area contributed by atoms with E-state index in [0.29, 0.717) is 17.8 Å². The number of nitrogens with one attached hydrogen (secondary N) is 2. The molecule has 2 N–H and O–H groups in total. The molecule has 0 spiro atoms. The normalized spacial score (nSPS) is 13.7. The molecule has 27 heavy (non-hydrogen) atoms. The van der Waals surface area contributed by atoms with Crippen molar-refractivity contribution in [1.29, 1.82) is 0 Å². The number of aromatic nitrogens is 2. The van der Waals surface area contributed by atoms with Crippen LogP contribution in [0, 0.1) is 6.92 Å². The van der Waals surface area contributed by atoms with Gasteiger partial charge in [0.2, 0.25) is 5.91 Å².